The zero-order chi connectivity index (χ0) is 13.1. The topological polar surface area (TPSA) is 23.5 Å². The normalized spacial score (nSPS) is 18.9. The van der Waals surface area contributed by atoms with Gasteiger partial charge in [-0.05, 0) is 38.1 Å². The van der Waals surface area contributed by atoms with Crippen molar-refractivity contribution in [2.24, 2.45) is 0 Å². The molecule has 0 bridgehead atoms. The fourth-order valence-electron chi connectivity index (χ4n) is 2.30. The van der Waals surface area contributed by atoms with Crippen molar-refractivity contribution in [2.75, 3.05) is 19.6 Å². The van der Waals surface area contributed by atoms with Gasteiger partial charge in [-0.3, -0.25) is 0 Å². The molecular weight excluding hydrogens is 293 g/mol. The molecule has 1 aromatic rings. The maximum absolute atomic E-state index is 10.3. The highest BCUT2D eigenvalue weighted by Gasteiger charge is 2.19. The van der Waals surface area contributed by atoms with E-state index in [0.717, 1.165) is 13.1 Å². The number of hydrogen-bond acceptors (Lipinski definition) is 2. The Morgan fingerprint density at radius 1 is 1.11 bits per heavy atom. The van der Waals surface area contributed by atoms with Gasteiger partial charge in [0.15, 0.2) is 0 Å². The molecule has 2 nitrogen and oxygen atoms in total. The average Bonchev–Trinajstić information content (AvgIpc) is 2.35. The van der Waals surface area contributed by atoms with Crippen molar-refractivity contribution in [2.45, 2.75) is 25.4 Å². The summed E-state index contributed by atoms with van der Waals surface area (Å²) < 4.78 is 0. The van der Waals surface area contributed by atoms with Gasteiger partial charge >= 0.3 is 0 Å². The van der Waals surface area contributed by atoms with Gasteiger partial charge in [-0.25, -0.2) is 0 Å². The van der Waals surface area contributed by atoms with E-state index in [1.165, 1.54) is 19.3 Å². The highest BCUT2D eigenvalue weighted by Crippen LogP contribution is 2.33. The molecule has 18 heavy (non-hydrogen) atoms. The third-order valence-electron chi connectivity index (χ3n) is 3.26. The van der Waals surface area contributed by atoms with Gasteiger partial charge in [-0.1, -0.05) is 41.2 Å². The monoisotopic (exact) mass is 307 g/mol. The summed E-state index contributed by atoms with van der Waals surface area (Å²) in [6.07, 6.45) is 3.01. The van der Waals surface area contributed by atoms with E-state index in [1.54, 1.807) is 12.1 Å². The molecule has 1 atom stereocenters. The molecule has 0 amide bonds. The summed E-state index contributed by atoms with van der Waals surface area (Å²) in [5, 5.41) is 11.5. The predicted molar refractivity (Wildman–Crippen MR) is 76.7 cm³/mol. The van der Waals surface area contributed by atoms with Crippen LogP contribution in [0.1, 0.15) is 30.9 Å². The molecule has 1 heterocycles. The third-order valence-corrected chi connectivity index (χ3v) is 4.29. The first kappa shape index (κ1) is 14.4. The molecule has 5 heteroatoms. The Labute approximate surface area is 122 Å². The van der Waals surface area contributed by atoms with Gasteiger partial charge in [0.05, 0.1) is 16.1 Å². The zero-order valence-electron chi connectivity index (χ0n) is 10.0. The maximum atomic E-state index is 10.3. The van der Waals surface area contributed by atoms with Gasteiger partial charge in [0, 0.05) is 17.1 Å². The summed E-state index contributed by atoms with van der Waals surface area (Å²) in [7, 11) is 0. The fourth-order valence-corrected chi connectivity index (χ4v) is 3.05. The first-order valence-corrected chi connectivity index (χ1v) is 7.26. The number of aliphatic hydroxyl groups excluding tert-OH is 1. The summed E-state index contributed by atoms with van der Waals surface area (Å²) in [5.41, 5.74) is 0.611. The van der Waals surface area contributed by atoms with Gasteiger partial charge in [0.1, 0.15) is 0 Å². The summed E-state index contributed by atoms with van der Waals surface area (Å²) in [6, 6.07) is 3.27. The van der Waals surface area contributed by atoms with Crippen molar-refractivity contribution < 1.29 is 5.11 Å². The molecule has 0 saturated carbocycles. The first-order valence-electron chi connectivity index (χ1n) is 6.13. The van der Waals surface area contributed by atoms with Gasteiger partial charge < -0.3 is 10.0 Å². The molecule has 0 aromatic heterocycles. The Morgan fingerprint density at radius 3 is 2.44 bits per heavy atom. The quantitative estimate of drug-likeness (QED) is 0.847. The van der Waals surface area contributed by atoms with Crippen LogP contribution in [0.3, 0.4) is 0 Å². The van der Waals surface area contributed by atoms with E-state index in [4.69, 9.17) is 34.8 Å². The molecule has 2 rings (SSSR count). The van der Waals surface area contributed by atoms with Crippen molar-refractivity contribution >= 4 is 34.8 Å². The van der Waals surface area contributed by atoms with Crippen LogP contribution in [0.2, 0.25) is 15.1 Å². The minimum absolute atomic E-state index is 0.386. The molecule has 1 aromatic carbocycles. The smallest absolute Gasteiger partial charge is 0.0932 e. The predicted octanol–water partition coefficient (Wildman–Crippen LogP) is 4.17. The van der Waals surface area contributed by atoms with Crippen LogP contribution in [0.25, 0.3) is 0 Å². The Balaban J connectivity index is 2.10. The molecular formula is C13H16Cl3NO. The van der Waals surface area contributed by atoms with Crippen molar-refractivity contribution in [1.29, 1.82) is 0 Å². The molecule has 1 aliphatic heterocycles. The Kier molecular flexibility index (Phi) is 5.16. The number of β-amino-alcohol motifs (C(OH)–C–C–N with tert-alkyl or cyclic N) is 1. The van der Waals surface area contributed by atoms with Crippen molar-refractivity contribution in [3.05, 3.63) is 32.8 Å². The van der Waals surface area contributed by atoms with Crippen LogP contribution in [-0.2, 0) is 0 Å². The van der Waals surface area contributed by atoms with Crippen LogP contribution in [0.5, 0.6) is 0 Å². The Bertz CT molecular complexity index is 419. The molecule has 1 fully saturated rings. The molecule has 1 aliphatic rings. The van der Waals surface area contributed by atoms with Crippen LogP contribution in [0, 0.1) is 0 Å². The van der Waals surface area contributed by atoms with Crippen LogP contribution in [0.15, 0.2) is 12.1 Å². The summed E-state index contributed by atoms with van der Waals surface area (Å²) in [6.45, 7) is 2.64. The first-order chi connectivity index (χ1) is 8.58. The van der Waals surface area contributed by atoms with Crippen LogP contribution < -0.4 is 0 Å². The highest BCUT2D eigenvalue weighted by molar-refractivity contribution is 6.43. The molecule has 100 valence electrons. The lowest BCUT2D eigenvalue weighted by Crippen LogP contribution is -2.33. The van der Waals surface area contributed by atoms with E-state index in [1.807, 2.05) is 0 Å². The average molecular weight is 309 g/mol. The summed E-state index contributed by atoms with van der Waals surface area (Å²) >= 11 is 18.0. The van der Waals surface area contributed by atoms with Crippen molar-refractivity contribution in [1.82, 2.24) is 4.90 Å². The van der Waals surface area contributed by atoms with Crippen LogP contribution in [-0.4, -0.2) is 29.6 Å². The number of halogens is 3. The molecule has 0 aliphatic carbocycles. The lowest BCUT2D eigenvalue weighted by atomic mass is 10.1. The molecule has 1 unspecified atom stereocenters. The minimum Gasteiger partial charge on any atom is -0.387 e. The number of hydrogen-bond donors (Lipinski definition) is 1. The molecule has 0 radical (unpaired) electrons. The summed E-state index contributed by atoms with van der Waals surface area (Å²) in [5.74, 6) is 0. The largest absolute Gasteiger partial charge is 0.387 e. The standard InChI is InChI=1S/C13H16Cl3NO/c14-9-6-10(13(16)11(15)7-9)12(18)8-17-4-2-1-3-5-17/h6-7,12,18H,1-5,8H2. The molecule has 1 N–H and O–H groups in total. The Morgan fingerprint density at radius 2 is 1.78 bits per heavy atom. The SMILES string of the molecule is OC(CN1CCCCC1)c1cc(Cl)cc(Cl)c1Cl. The number of benzene rings is 1. The number of nitrogens with zero attached hydrogens (tertiary/aromatic N) is 1. The minimum atomic E-state index is -0.646. The maximum Gasteiger partial charge on any atom is 0.0932 e. The van der Waals surface area contributed by atoms with Crippen molar-refractivity contribution in [3.63, 3.8) is 0 Å². The zero-order valence-corrected chi connectivity index (χ0v) is 12.3. The van der Waals surface area contributed by atoms with Gasteiger partial charge in [-0.2, -0.15) is 0 Å². The van der Waals surface area contributed by atoms with E-state index in [9.17, 15) is 5.11 Å². The second kappa shape index (κ2) is 6.44. The second-order valence-corrected chi connectivity index (χ2v) is 5.89. The Hall–Kier alpha value is 0.01000. The summed E-state index contributed by atoms with van der Waals surface area (Å²) in [4.78, 5) is 2.25. The number of likely N-dealkylation sites (tertiary alicyclic amines) is 1. The molecule has 0 spiro atoms. The van der Waals surface area contributed by atoms with Gasteiger partial charge in [0.2, 0.25) is 0 Å². The van der Waals surface area contributed by atoms with E-state index in [0.29, 0.717) is 27.2 Å². The number of piperidine rings is 1. The number of aliphatic hydroxyl groups is 1. The lowest BCUT2D eigenvalue weighted by molar-refractivity contribution is 0.101. The van der Waals surface area contributed by atoms with Crippen LogP contribution >= 0.6 is 34.8 Å². The van der Waals surface area contributed by atoms with E-state index in [2.05, 4.69) is 4.90 Å². The van der Waals surface area contributed by atoms with Gasteiger partial charge in [0.25, 0.3) is 0 Å². The highest BCUT2D eigenvalue weighted by atomic mass is 35.5. The van der Waals surface area contributed by atoms with E-state index >= 15 is 0 Å². The second-order valence-electron chi connectivity index (χ2n) is 4.67. The third kappa shape index (κ3) is 3.52. The van der Waals surface area contributed by atoms with Crippen LogP contribution in [0.4, 0.5) is 0 Å². The molecule has 1 saturated heterocycles. The number of rotatable bonds is 3. The fraction of sp³-hybridized carbons (Fsp3) is 0.538. The van der Waals surface area contributed by atoms with Crippen molar-refractivity contribution in [3.8, 4) is 0 Å². The lowest BCUT2D eigenvalue weighted by Gasteiger charge is -2.29. The van der Waals surface area contributed by atoms with E-state index < -0.39 is 6.10 Å². The van der Waals surface area contributed by atoms with E-state index in [-0.39, 0.29) is 0 Å². The van der Waals surface area contributed by atoms with Gasteiger partial charge in [-0.15, -0.1) is 0 Å².